The zero-order valence-corrected chi connectivity index (χ0v) is 12.5. The molecule has 0 aliphatic rings. The second-order valence-electron chi connectivity index (χ2n) is 4.14. The van der Waals surface area contributed by atoms with Gasteiger partial charge < -0.3 is 10.5 Å². The van der Waals surface area contributed by atoms with Gasteiger partial charge >= 0.3 is 0 Å². The molecule has 0 atom stereocenters. The van der Waals surface area contributed by atoms with E-state index in [1.54, 1.807) is 0 Å². The number of sulfonamides is 1. The van der Waals surface area contributed by atoms with Gasteiger partial charge in [-0.25, -0.2) is 12.8 Å². The summed E-state index contributed by atoms with van der Waals surface area (Å²) in [7, 11) is -2.57. The molecule has 0 saturated heterocycles. The Labute approximate surface area is 126 Å². The van der Waals surface area contributed by atoms with Crippen LogP contribution >= 0.6 is 11.6 Å². The first-order chi connectivity index (χ1) is 9.83. The molecule has 0 spiro atoms. The molecule has 0 aromatic heterocycles. The van der Waals surface area contributed by atoms with E-state index in [1.165, 1.54) is 31.4 Å². The van der Waals surface area contributed by atoms with Gasteiger partial charge in [0.05, 0.1) is 23.5 Å². The van der Waals surface area contributed by atoms with Crippen LogP contribution in [0, 0.1) is 5.82 Å². The third-order valence-electron chi connectivity index (χ3n) is 2.66. The molecule has 0 bridgehead atoms. The molecule has 0 saturated carbocycles. The number of nitrogens with two attached hydrogens (primary N) is 1. The Morgan fingerprint density at radius 1 is 1.24 bits per heavy atom. The van der Waals surface area contributed by atoms with Gasteiger partial charge in [0.15, 0.2) is 0 Å². The van der Waals surface area contributed by atoms with Gasteiger partial charge in [0.1, 0.15) is 16.5 Å². The van der Waals surface area contributed by atoms with E-state index in [0.717, 1.165) is 12.1 Å². The molecule has 2 rings (SSSR count). The molecule has 0 aliphatic carbocycles. The normalized spacial score (nSPS) is 11.2. The van der Waals surface area contributed by atoms with Gasteiger partial charge in [-0.1, -0.05) is 11.6 Å². The molecule has 21 heavy (non-hydrogen) atoms. The van der Waals surface area contributed by atoms with Crippen molar-refractivity contribution < 1.29 is 17.5 Å². The summed E-state index contributed by atoms with van der Waals surface area (Å²) in [5, 5.41) is -0.0783. The maximum Gasteiger partial charge on any atom is 0.263 e. The minimum Gasteiger partial charge on any atom is -0.495 e. The molecule has 5 nitrogen and oxygen atoms in total. The zero-order valence-electron chi connectivity index (χ0n) is 10.9. The van der Waals surface area contributed by atoms with Crippen molar-refractivity contribution >= 4 is 33.0 Å². The molecule has 3 N–H and O–H groups in total. The van der Waals surface area contributed by atoms with Gasteiger partial charge in [-0.05, 0) is 36.4 Å². The average molecular weight is 331 g/mol. The van der Waals surface area contributed by atoms with Crippen molar-refractivity contribution in [2.24, 2.45) is 0 Å². The molecule has 0 unspecified atom stereocenters. The summed E-state index contributed by atoms with van der Waals surface area (Å²) in [5.74, 6) is -0.282. The SMILES string of the molecule is COc1ccc(NS(=O)(=O)c2cc(F)ccc2Cl)cc1N. The van der Waals surface area contributed by atoms with Crippen LogP contribution in [0.3, 0.4) is 0 Å². The van der Waals surface area contributed by atoms with Gasteiger partial charge in [-0.15, -0.1) is 0 Å². The summed E-state index contributed by atoms with van der Waals surface area (Å²) >= 11 is 5.80. The van der Waals surface area contributed by atoms with E-state index >= 15 is 0 Å². The molecule has 0 aliphatic heterocycles. The highest BCUT2D eigenvalue weighted by molar-refractivity contribution is 7.92. The van der Waals surface area contributed by atoms with Crippen molar-refractivity contribution in [1.82, 2.24) is 0 Å². The molecule has 0 radical (unpaired) electrons. The Bertz CT molecular complexity index is 781. The predicted octanol–water partition coefficient (Wildman–Crippen LogP) is 2.87. The fraction of sp³-hybridized carbons (Fsp3) is 0.0769. The van der Waals surface area contributed by atoms with Gasteiger partial charge in [0.25, 0.3) is 10.0 Å². The third kappa shape index (κ3) is 3.37. The molecular formula is C13H12ClFN2O3S. The Hall–Kier alpha value is -1.99. The van der Waals surface area contributed by atoms with Crippen molar-refractivity contribution in [2.75, 3.05) is 17.6 Å². The lowest BCUT2D eigenvalue weighted by atomic mass is 10.2. The summed E-state index contributed by atoms with van der Waals surface area (Å²) in [6.45, 7) is 0. The molecule has 112 valence electrons. The molecule has 0 fully saturated rings. The number of ether oxygens (including phenoxy) is 1. The third-order valence-corrected chi connectivity index (χ3v) is 4.53. The van der Waals surface area contributed by atoms with Gasteiger partial charge in [-0.2, -0.15) is 0 Å². The number of halogens is 2. The largest absolute Gasteiger partial charge is 0.495 e. The molecule has 0 heterocycles. The molecule has 8 heteroatoms. The van der Waals surface area contributed by atoms with Crippen molar-refractivity contribution in [3.63, 3.8) is 0 Å². The topological polar surface area (TPSA) is 81.4 Å². The van der Waals surface area contributed by atoms with Crippen LogP contribution in [0.15, 0.2) is 41.3 Å². The van der Waals surface area contributed by atoms with E-state index in [1.807, 2.05) is 0 Å². The first kappa shape index (κ1) is 15.4. The molecule has 2 aromatic rings. The number of benzene rings is 2. The van der Waals surface area contributed by atoms with Crippen LogP contribution in [0.4, 0.5) is 15.8 Å². The minimum absolute atomic E-state index is 0.0783. The zero-order chi connectivity index (χ0) is 15.6. The van der Waals surface area contributed by atoms with Crippen LogP contribution in [0.5, 0.6) is 5.75 Å². The second kappa shape index (κ2) is 5.79. The summed E-state index contributed by atoms with van der Waals surface area (Å²) in [6, 6.07) is 7.47. The van der Waals surface area contributed by atoms with Crippen molar-refractivity contribution in [1.29, 1.82) is 0 Å². The first-order valence-electron chi connectivity index (χ1n) is 5.75. The van der Waals surface area contributed by atoms with Crippen LogP contribution < -0.4 is 15.2 Å². The summed E-state index contributed by atoms with van der Waals surface area (Å²) in [4.78, 5) is -0.349. The van der Waals surface area contributed by atoms with Crippen LogP contribution in [0.2, 0.25) is 5.02 Å². The second-order valence-corrected chi connectivity index (χ2v) is 6.19. The number of methoxy groups -OCH3 is 1. The minimum atomic E-state index is -4.02. The lowest BCUT2D eigenvalue weighted by Gasteiger charge is -2.11. The predicted molar refractivity (Wildman–Crippen MR) is 79.6 cm³/mol. The van der Waals surface area contributed by atoms with E-state index in [4.69, 9.17) is 22.1 Å². The number of nitrogens with one attached hydrogen (secondary N) is 1. The molecule has 2 aromatic carbocycles. The molecule has 0 amide bonds. The summed E-state index contributed by atoms with van der Waals surface area (Å²) < 4.78 is 44.9. The fourth-order valence-electron chi connectivity index (χ4n) is 1.69. The number of hydrogen-bond donors (Lipinski definition) is 2. The summed E-state index contributed by atoms with van der Waals surface area (Å²) in [6.07, 6.45) is 0. The quantitative estimate of drug-likeness (QED) is 0.845. The Balaban J connectivity index is 2.37. The number of hydrogen-bond acceptors (Lipinski definition) is 4. The van der Waals surface area contributed by atoms with Gasteiger partial charge in [-0.3, -0.25) is 4.72 Å². The van der Waals surface area contributed by atoms with E-state index in [2.05, 4.69) is 4.72 Å². The van der Waals surface area contributed by atoms with Crippen molar-refractivity contribution in [3.05, 3.63) is 47.2 Å². The Morgan fingerprint density at radius 2 is 1.95 bits per heavy atom. The standard InChI is InChI=1S/C13H12ClFN2O3S/c1-20-12-5-3-9(7-11(12)16)17-21(18,19)13-6-8(15)2-4-10(13)14/h2-7,17H,16H2,1H3. The highest BCUT2D eigenvalue weighted by Crippen LogP contribution is 2.28. The smallest absolute Gasteiger partial charge is 0.263 e. The molecular weight excluding hydrogens is 319 g/mol. The highest BCUT2D eigenvalue weighted by Gasteiger charge is 2.19. The van der Waals surface area contributed by atoms with Gasteiger partial charge in [0, 0.05) is 0 Å². The van der Waals surface area contributed by atoms with E-state index < -0.39 is 15.8 Å². The van der Waals surface area contributed by atoms with Crippen LogP contribution in [0.1, 0.15) is 0 Å². The maximum absolute atomic E-state index is 13.2. The monoisotopic (exact) mass is 330 g/mol. The fourth-order valence-corrected chi connectivity index (χ4v) is 3.25. The van der Waals surface area contributed by atoms with Crippen molar-refractivity contribution in [3.8, 4) is 5.75 Å². The number of nitrogen functional groups attached to an aromatic ring is 1. The number of rotatable bonds is 4. The first-order valence-corrected chi connectivity index (χ1v) is 7.61. The van der Waals surface area contributed by atoms with Gasteiger partial charge in [0.2, 0.25) is 0 Å². The highest BCUT2D eigenvalue weighted by atomic mass is 35.5. The van der Waals surface area contributed by atoms with E-state index in [0.29, 0.717) is 5.75 Å². The van der Waals surface area contributed by atoms with Crippen LogP contribution in [0.25, 0.3) is 0 Å². The lowest BCUT2D eigenvalue weighted by molar-refractivity contribution is 0.417. The van der Waals surface area contributed by atoms with Crippen LogP contribution in [-0.2, 0) is 10.0 Å². The average Bonchev–Trinajstić information content (AvgIpc) is 2.41. The van der Waals surface area contributed by atoms with Crippen LogP contribution in [-0.4, -0.2) is 15.5 Å². The van der Waals surface area contributed by atoms with E-state index in [-0.39, 0.29) is 21.3 Å². The number of anilines is 2. The lowest BCUT2D eigenvalue weighted by Crippen LogP contribution is -2.14. The van der Waals surface area contributed by atoms with E-state index in [9.17, 15) is 12.8 Å². The van der Waals surface area contributed by atoms with Crippen molar-refractivity contribution in [2.45, 2.75) is 4.90 Å². The maximum atomic E-state index is 13.2. The Morgan fingerprint density at radius 3 is 2.57 bits per heavy atom. The Kier molecular flexibility index (Phi) is 4.24. The summed E-state index contributed by atoms with van der Waals surface area (Å²) in [5.41, 5.74) is 6.18.